The van der Waals surface area contributed by atoms with Crippen LogP contribution < -0.4 is 5.32 Å². The summed E-state index contributed by atoms with van der Waals surface area (Å²) in [6.45, 7) is 6.24. The van der Waals surface area contributed by atoms with Gasteiger partial charge in [-0.1, -0.05) is 6.92 Å². The zero-order valence-electron chi connectivity index (χ0n) is 8.97. The van der Waals surface area contributed by atoms with E-state index >= 15 is 0 Å². The molecule has 0 spiro atoms. The molecule has 0 bridgehead atoms. The highest BCUT2D eigenvalue weighted by atomic mass is 15.1. The molecule has 0 aromatic rings. The van der Waals surface area contributed by atoms with Gasteiger partial charge < -0.3 is 10.2 Å². The average molecular weight is 182 g/mol. The highest BCUT2D eigenvalue weighted by Crippen LogP contribution is 2.30. The smallest absolute Gasteiger partial charge is 0.00684 e. The van der Waals surface area contributed by atoms with Gasteiger partial charge in [-0.2, -0.15) is 0 Å². The van der Waals surface area contributed by atoms with Crippen molar-refractivity contribution in [3.05, 3.63) is 0 Å². The molecule has 2 heteroatoms. The van der Waals surface area contributed by atoms with Crippen LogP contribution in [0.4, 0.5) is 0 Å². The topological polar surface area (TPSA) is 15.3 Å². The first-order valence-electron chi connectivity index (χ1n) is 5.60. The lowest BCUT2D eigenvalue weighted by atomic mass is 9.80. The van der Waals surface area contributed by atoms with Crippen molar-refractivity contribution in [1.82, 2.24) is 10.2 Å². The molecule has 2 fully saturated rings. The summed E-state index contributed by atoms with van der Waals surface area (Å²) in [5, 5.41) is 3.66. The number of hydrogen-bond acceptors (Lipinski definition) is 2. The number of rotatable bonds is 3. The Balaban J connectivity index is 1.74. The van der Waals surface area contributed by atoms with Crippen LogP contribution in [0.15, 0.2) is 0 Å². The van der Waals surface area contributed by atoms with E-state index in [1.165, 1.54) is 45.3 Å². The van der Waals surface area contributed by atoms with Crippen LogP contribution in [0.3, 0.4) is 0 Å². The highest BCUT2D eigenvalue weighted by molar-refractivity contribution is 4.88. The van der Waals surface area contributed by atoms with Gasteiger partial charge in [0.2, 0.25) is 0 Å². The predicted octanol–water partition coefficient (Wildman–Crippen LogP) is 1.47. The first kappa shape index (κ1) is 9.47. The first-order valence-corrected chi connectivity index (χ1v) is 5.60. The molecule has 13 heavy (non-hydrogen) atoms. The molecule has 0 amide bonds. The van der Waals surface area contributed by atoms with Gasteiger partial charge in [-0.15, -0.1) is 0 Å². The minimum Gasteiger partial charge on any atom is -0.313 e. The molecule has 1 N–H and O–H groups in total. The van der Waals surface area contributed by atoms with E-state index in [1.54, 1.807) is 0 Å². The molecule has 1 saturated carbocycles. The van der Waals surface area contributed by atoms with Crippen LogP contribution in [0.2, 0.25) is 0 Å². The van der Waals surface area contributed by atoms with E-state index in [-0.39, 0.29) is 0 Å². The van der Waals surface area contributed by atoms with Gasteiger partial charge in [0.25, 0.3) is 0 Å². The van der Waals surface area contributed by atoms with Crippen molar-refractivity contribution in [3.8, 4) is 0 Å². The second-order valence-corrected chi connectivity index (χ2v) is 5.27. The van der Waals surface area contributed by atoms with Crippen LogP contribution in [-0.4, -0.2) is 37.6 Å². The fourth-order valence-electron chi connectivity index (χ4n) is 2.01. The highest BCUT2D eigenvalue weighted by Gasteiger charge is 2.31. The van der Waals surface area contributed by atoms with E-state index in [0.717, 1.165) is 6.04 Å². The van der Waals surface area contributed by atoms with E-state index in [9.17, 15) is 0 Å². The third-order valence-corrected chi connectivity index (χ3v) is 3.59. The van der Waals surface area contributed by atoms with Crippen molar-refractivity contribution in [2.45, 2.75) is 38.6 Å². The molecule has 0 aromatic heterocycles. The standard InChI is InChI=1S/C11H22N2/c1-11(9-12-10-3-4-10)5-7-13(2)8-6-11/h10,12H,3-9H2,1-2H3. The summed E-state index contributed by atoms with van der Waals surface area (Å²) in [6, 6.07) is 0.872. The zero-order valence-corrected chi connectivity index (χ0v) is 8.97. The zero-order chi connectivity index (χ0) is 9.31. The Bertz CT molecular complexity index is 167. The van der Waals surface area contributed by atoms with Crippen molar-refractivity contribution < 1.29 is 0 Å². The summed E-state index contributed by atoms with van der Waals surface area (Å²) >= 11 is 0. The quantitative estimate of drug-likeness (QED) is 0.711. The molecule has 2 rings (SSSR count). The molecule has 2 nitrogen and oxygen atoms in total. The Morgan fingerprint density at radius 3 is 2.46 bits per heavy atom. The molecule has 1 heterocycles. The maximum Gasteiger partial charge on any atom is 0.00684 e. The molecule has 0 unspecified atom stereocenters. The monoisotopic (exact) mass is 182 g/mol. The molecule has 1 saturated heterocycles. The maximum absolute atomic E-state index is 3.66. The predicted molar refractivity (Wildman–Crippen MR) is 55.9 cm³/mol. The van der Waals surface area contributed by atoms with Gasteiger partial charge in [-0.3, -0.25) is 0 Å². The number of nitrogens with one attached hydrogen (secondary N) is 1. The summed E-state index contributed by atoms with van der Waals surface area (Å²) in [6.07, 6.45) is 5.55. The minimum absolute atomic E-state index is 0.578. The van der Waals surface area contributed by atoms with E-state index in [1.807, 2.05) is 0 Å². The van der Waals surface area contributed by atoms with Gasteiger partial charge in [0.05, 0.1) is 0 Å². The molecule has 0 atom stereocenters. The third-order valence-electron chi connectivity index (χ3n) is 3.59. The first-order chi connectivity index (χ1) is 6.18. The number of nitrogens with zero attached hydrogens (tertiary/aromatic N) is 1. The molecule has 0 radical (unpaired) electrons. The second kappa shape index (κ2) is 3.58. The number of likely N-dealkylation sites (tertiary alicyclic amines) is 1. The van der Waals surface area contributed by atoms with Gasteiger partial charge >= 0.3 is 0 Å². The van der Waals surface area contributed by atoms with E-state index in [2.05, 4.69) is 24.2 Å². The molecule has 1 aliphatic carbocycles. The summed E-state index contributed by atoms with van der Waals surface area (Å²) < 4.78 is 0. The largest absolute Gasteiger partial charge is 0.313 e. The van der Waals surface area contributed by atoms with E-state index < -0.39 is 0 Å². The van der Waals surface area contributed by atoms with Crippen LogP contribution >= 0.6 is 0 Å². The lowest BCUT2D eigenvalue weighted by Crippen LogP contribution is -2.42. The van der Waals surface area contributed by atoms with Crippen molar-refractivity contribution >= 4 is 0 Å². The van der Waals surface area contributed by atoms with Crippen molar-refractivity contribution in [1.29, 1.82) is 0 Å². The summed E-state index contributed by atoms with van der Waals surface area (Å²) in [4.78, 5) is 2.44. The molecular weight excluding hydrogens is 160 g/mol. The van der Waals surface area contributed by atoms with E-state index in [0.29, 0.717) is 5.41 Å². The van der Waals surface area contributed by atoms with Crippen LogP contribution in [0, 0.1) is 5.41 Å². The van der Waals surface area contributed by atoms with Crippen LogP contribution in [0.25, 0.3) is 0 Å². The van der Waals surface area contributed by atoms with Gasteiger partial charge in [-0.05, 0) is 51.2 Å². The average Bonchev–Trinajstić information content (AvgIpc) is 2.91. The van der Waals surface area contributed by atoms with Gasteiger partial charge in [0.15, 0.2) is 0 Å². The van der Waals surface area contributed by atoms with Crippen molar-refractivity contribution in [2.24, 2.45) is 5.41 Å². The fraction of sp³-hybridized carbons (Fsp3) is 1.00. The minimum atomic E-state index is 0.578. The molecule has 2 aliphatic rings. The van der Waals surface area contributed by atoms with Crippen LogP contribution in [0.1, 0.15) is 32.6 Å². The molecule has 76 valence electrons. The normalized spacial score (nSPS) is 29.1. The summed E-state index contributed by atoms with van der Waals surface area (Å²) in [7, 11) is 2.23. The Kier molecular flexibility index (Phi) is 2.61. The Hall–Kier alpha value is -0.0800. The fourth-order valence-corrected chi connectivity index (χ4v) is 2.01. The Morgan fingerprint density at radius 2 is 1.92 bits per heavy atom. The summed E-state index contributed by atoms with van der Waals surface area (Å²) in [5.41, 5.74) is 0.578. The lowest BCUT2D eigenvalue weighted by molar-refractivity contribution is 0.136. The van der Waals surface area contributed by atoms with Crippen LogP contribution in [-0.2, 0) is 0 Å². The van der Waals surface area contributed by atoms with E-state index in [4.69, 9.17) is 0 Å². The molecule has 0 aromatic carbocycles. The lowest BCUT2D eigenvalue weighted by Gasteiger charge is -2.38. The third kappa shape index (κ3) is 2.68. The van der Waals surface area contributed by atoms with Crippen molar-refractivity contribution in [2.75, 3.05) is 26.7 Å². The molecular formula is C11H22N2. The Morgan fingerprint density at radius 1 is 1.31 bits per heavy atom. The SMILES string of the molecule is CN1CCC(C)(CNC2CC2)CC1. The maximum atomic E-state index is 3.66. The van der Waals surface area contributed by atoms with Crippen LogP contribution in [0.5, 0.6) is 0 Å². The number of hydrogen-bond donors (Lipinski definition) is 1. The Labute approximate surface area is 81.7 Å². The molecule has 1 aliphatic heterocycles. The van der Waals surface area contributed by atoms with Gasteiger partial charge in [0, 0.05) is 12.6 Å². The summed E-state index contributed by atoms with van der Waals surface area (Å²) in [5.74, 6) is 0. The van der Waals surface area contributed by atoms with Gasteiger partial charge in [0.1, 0.15) is 0 Å². The second-order valence-electron chi connectivity index (χ2n) is 5.27. The van der Waals surface area contributed by atoms with Gasteiger partial charge in [-0.25, -0.2) is 0 Å². The number of piperidine rings is 1. The van der Waals surface area contributed by atoms with Crippen molar-refractivity contribution in [3.63, 3.8) is 0 Å².